The number of primary amides is 1. The number of ether oxygens (including phenoxy) is 2. The minimum Gasteiger partial charge on any atom is -0.378 e. The van der Waals surface area contributed by atoms with Gasteiger partial charge in [-0.25, -0.2) is 9.59 Å². The van der Waals surface area contributed by atoms with Gasteiger partial charge in [-0.1, -0.05) is 48.0 Å². The molecule has 1 aliphatic heterocycles. The summed E-state index contributed by atoms with van der Waals surface area (Å²) in [5, 5.41) is 11.5. The fourth-order valence-corrected chi connectivity index (χ4v) is 3.37. The third-order valence-corrected chi connectivity index (χ3v) is 5.47. The minimum absolute atomic E-state index is 0.0337. The van der Waals surface area contributed by atoms with Gasteiger partial charge in [0.2, 0.25) is 5.91 Å². The fourth-order valence-electron chi connectivity index (χ4n) is 3.19. The third-order valence-electron chi connectivity index (χ3n) is 5.18. The smallest absolute Gasteiger partial charge is 0.335 e. The Labute approximate surface area is 266 Å². The van der Waals surface area contributed by atoms with Crippen molar-refractivity contribution in [3.8, 4) is 0 Å². The molecule has 0 saturated carbocycles. The van der Waals surface area contributed by atoms with Gasteiger partial charge in [0.25, 0.3) is 11.8 Å². The second kappa shape index (κ2) is 27.2. The molecule has 1 rings (SSSR count). The summed E-state index contributed by atoms with van der Waals surface area (Å²) >= 11 is 5.12. The van der Waals surface area contributed by atoms with E-state index in [1.165, 1.54) is 6.42 Å². The highest BCUT2D eigenvalue weighted by atomic mass is 32.1. The molecule has 16 heteroatoms. The SMILES string of the molecule is CC.CC(C)C(=O)C(CCCNC(N)=O)NC(=O)CNC(=S)NCCOCCOCCC(=O)ON1C(=O)CCC1=O.CCC. The van der Waals surface area contributed by atoms with Crippen molar-refractivity contribution in [3.05, 3.63) is 0 Å². The summed E-state index contributed by atoms with van der Waals surface area (Å²) in [5.41, 5.74) is 5.02. The van der Waals surface area contributed by atoms with Crippen LogP contribution in [0.25, 0.3) is 0 Å². The van der Waals surface area contributed by atoms with Crippen molar-refractivity contribution in [2.45, 2.75) is 86.1 Å². The largest absolute Gasteiger partial charge is 0.378 e. The molecule has 1 saturated heterocycles. The molecule has 6 N–H and O–H groups in total. The number of nitrogens with two attached hydrogens (primary N) is 1. The van der Waals surface area contributed by atoms with Crippen LogP contribution in [0.1, 0.15) is 80.1 Å². The van der Waals surface area contributed by atoms with Crippen LogP contribution in [0.2, 0.25) is 0 Å². The maximum atomic E-state index is 12.4. The highest BCUT2D eigenvalue weighted by Crippen LogP contribution is 2.12. The van der Waals surface area contributed by atoms with Crippen molar-refractivity contribution in [2.75, 3.05) is 46.1 Å². The number of hydroxylamine groups is 2. The first-order valence-corrected chi connectivity index (χ1v) is 15.4. The zero-order chi connectivity index (χ0) is 33.9. The number of amides is 5. The van der Waals surface area contributed by atoms with Gasteiger partial charge in [0.1, 0.15) is 0 Å². The maximum absolute atomic E-state index is 12.4. The van der Waals surface area contributed by atoms with E-state index in [-0.39, 0.29) is 62.4 Å². The van der Waals surface area contributed by atoms with Crippen molar-refractivity contribution in [1.29, 1.82) is 0 Å². The summed E-state index contributed by atoms with van der Waals surface area (Å²) in [6.45, 7) is 13.1. The lowest BCUT2D eigenvalue weighted by Crippen LogP contribution is -2.48. The highest BCUT2D eigenvalue weighted by molar-refractivity contribution is 7.80. The van der Waals surface area contributed by atoms with Crippen molar-refractivity contribution in [2.24, 2.45) is 11.7 Å². The van der Waals surface area contributed by atoms with Gasteiger partial charge in [0.15, 0.2) is 10.9 Å². The molecule has 1 atom stereocenters. The van der Waals surface area contributed by atoms with Gasteiger partial charge >= 0.3 is 12.0 Å². The Morgan fingerprint density at radius 2 is 1.48 bits per heavy atom. The van der Waals surface area contributed by atoms with Crippen LogP contribution in [0.15, 0.2) is 0 Å². The number of nitrogens with zero attached hydrogens (tertiary/aromatic N) is 1. The fraction of sp³-hybridized carbons (Fsp3) is 0.750. The van der Waals surface area contributed by atoms with Gasteiger partial charge in [-0.2, -0.15) is 0 Å². The van der Waals surface area contributed by atoms with Gasteiger partial charge in [-0.05, 0) is 25.1 Å². The second-order valence-electron chi connectivity index (χ2n) is 9.45. The Balaban J connectivity index is 0. The average molecular weight is 649 g/mol. The van der Waals surface area contributed by atoms with E-state index in [0.29, 0.717) is 37.6 Å². The van der Waals surface area contributed by atoms with Gasteiger partial charge in [0, 0.05) is 31.8 Å². The van der Waals surface area contributed by atoms with Crippen molar-refractivity contribution < 1.29 is 43.1 Å². The normalized spacial score (nSPS) is 12.7. The van der Waals surface area contributed by atoms with E-state index in [9.17, 15) is 28.8 Å². The van der Waals surface area contributed by atoms with Gasteiger partial charge < -0.3 is 41.3 Å². The molecule has 1 unspecified atom stereocenters. The zero-order valence-electron chi connectivity index (χ0n) is 27.0. The van der Waals surface area contributed by atoms with Crippen LogP contribution in [0.5, 0.6) is 0 Å². The lowest BCUT2D eigenvalue weighted by Gasteiger charge is -2.20. The molecule has 0 aromatic carbocycles. The summed E-state index contributed by atoms with van der Waals surface area (Å²) in [5.74, 6) is -2.60. The zero-order valence-corrected chi connectivity index (χ0v) is 27.8. The van der Waals surface area contributed by atoms with E-state index >= 15 is 0 Å². The standard InChI is InChI=1S/C23H38N6O9S.C3H8.C2H6/c1-15(2)21(34)16(4-3-8-25-22(24)35)28-17(30)14-27-23(39)26-9-11-37-13-12-36-10-7-20(33)38-29-18(31)5-6-19(29)32;1-3-2;1-2/h15-16H,3-14H2,1-2H3,(H,28,30)(H3,24,25,35)(H2,26,27,39);3H2,1-2H3;1-2H3. The molecule has 5 amide bonds. The van der Waals surface area contributed by atoms with E-state index in [0.717, 1.165) is 0 Å². The minimum atomic E-state index is -0.738. The predicted octanol–water partition coefficient (Wildman–Crippen LogP) is 1.08. The van der Waals surface area contributed by atoms with Crippen LogP contribution in [-0.2, 0) is 38.3 Å². The molecule has 0 radical (unpaired) electrons. The number of carbonyl (C=O) groups is 6. The van der Waals surface area contributed by atoms with E-state index in [1.807, 2.05) is 13.8 Å². The Bertz CT molecular complexity index is 889. The molecule has 0 spiro atoms. The summed E-state index contributed by atoms with van der Waals surface area (Å²) in [6, 6.07) is -1.34. The molecule has 15 nitrogen and oxygen atoms in total. The Kier molecular flexibility index (Phi) is 26.4. The third kappa shape index (κ3) is 22.2. The van der Waals surface area contributed by atoms with Crippen LogP contribution in [-0.4, -0.2) is 97.8 Å². The highest BCUT2D eigenvalue weighted by Gasteiger charge is 2.32. The summed E-state index contributed by atoms with van der Waals surface area (Å²) in [7, 11) is 0. The molecular formula is C28H52N6O9S. The van der Waals surface area contributed by atoms with Gasteiger partial charge in [-0.15, -0.1) is 5.06 Å². The molecule has 1 fully saturated rings. The topological polar surface area (TPSA) is 207 Å². The second-order valence-corrected chi connectivity index (χ2v) is 9.86. The number of Topliss-reactive ketones (excluding diaryl/α,β-unsaturated/α-hetero) is 1. The first kappa shape index (κ1) is 42.8. The Hall–Kier alpha value is -3.37. The van der Waals surface area contributed by atoms with Gasteiger partial charge in [-0.3, -0.25) is 19.2 Å². The van der Waals surface area contributed by atoms with E-state index in [1.54, 1.807) is 13.8 Å². The Morgan fingerprint density at radius 3 is 2.02 bits per heavy atom. The number of thiocarbonyl (C=S) groups is 1. The van der Waals surface area contributed by atoms with Crippen molar-refractivity contribution in [1.82, 2.24) is 26.3 Å². The first-order valence-electron chi connectivity index (χ1n) is 15.0. The maximum Gasteiger partial charge on any atom is 0.335 e. The predicted molar refractivity (Wildman–Crippen MR) is 168 cm³/mol. The summed E-state index contributed by atoms with van der Waals surface area (Å²) < 4.78 is 10.6. The molecule has 44 heavy (non-hydrogen) atoms. The van der Waals surface area contributed by atoms with Crippen LogP contribution in [0, 0.1) is 5.92 Å². The monoisotopic (exact) mass is 648 g/mol. The molecule has 0 bridgehead atoms. The van der Waals surface area contributed by atoms with Crippen molar-refractivity contribution >= 4 is 52.8 Å². The number of imide groups is 1. The molecular weight excluding hydrogens is 596 g/mol. The van der Waals surface area contributed by atoms with Crippen molar-refractivity contribution in [3.63, 3.8) is 0 Å². The molecule has 1 aliphatic rings. The van der Waals surface area contributed by atoms with Crippen LogP contribution in [0.4, 0.5) is 4.79 Å². The molecule has 0 aromatic rings. The van der Waals surface area contributed by atoms with Crippen LogP contribution < -0.4 is 27.0 Å². The number of carbonyl (C=O) groups excluding carboxylic acids is 6. The van der Waals surface area contributed by atoms with E-state index in [4.69, 9.17) is 32.3 Å². The number of ketones is 1. The molecule has 254 valence electrons. The molecule has 0 aliphatic carbocycles. The molecule has 0 aromatic heterocycles. The first-order chi connectivity index (χ1) is 20.9. The summed E-state index contributed by atoms with van der Waals surface area (Å²) in [4.78, 5) is 74.6. The lowest BCUT2D eigenvalue weighted by atomic mass is 9.98. The van der Waals surface area contributed by atoms with E-state index in [2.05, 4.69) is 35.1 Å². The Morgan fingerprint density at radius 1 is 0.909 bits per heavy atom. The van der Waals surface area contributed by atoms with E-state index < -0.39 is 35.8 Å². The van der Waals surface area contributed by atoms with Gasteiger partial charge in [0.05, 0.1) is 45.4 Å². The number of hydrogen-bond donors (Lipinski definition) is 5. The molecule has 1 heterocycles. The average Bonchev–Trinajstić information content (AvgIpc) is 3.29. The number of hydrogen-bond acceptors (Lipinski definition) is 10. The lowest BCUT2D eigenvalue weighted by molar-refractivity contribution is -0.198. The van der Waals surface area contributed by atoms with Crippen LogP contribution >= 0.6 is 12.2 Å². The van der Waals surface area contributed by atoms with Crippen LogP contribution in [0.3, 0.4) is 0 Å². The number of urea groups is 1. The quantitative estimate of drug-likeness (QED) is 0.0758. The number of rotatable bonds is 19. The number of nitrogens with one attached hydrogen (secondary N) is 4. The summed E-state index contributed by atoms with van der Waals surface area (Å²) in [6.07, 6.45) is 2.03.